The molecule has 0 unspecified atom stereocenters. The summed E-state index contributed by atoms with van der Waals surface area (Å²) >= 11 is 5.63. The summed E-state index contributed by atoms with van der Waals surface area (Å²) in [6.07, 6.45) is 1.88. The van der Waals surface area contributed by atoms with Crippen molar-refractivity contribution in [3.8, 4) is 0 Å². The first-order chi connectivity index (χ1) is 5.97. The second kappa shape index (κ2) is 3.42. The smallest absolute Gasteiger partial charge is 0.217 e. The van der Waals surface area contributed by atoms with Crippen molar-refractivity contribution in [1.82, 2.24) is 4.98 Å². The molecule has 0 aromatic carbocycles. The first kappa shape index (κ1) is 10.1. The number of halogens is 2. The highest BCUT2D eigenvalue weighted by Gasteiger charge is 2.24. The van der Waals surface area contributed by atoms with Crippen LogP contribution in [0.3, 0.4) is 0 Å². The lowest BCUT2D eigenvalue weighted by Gasteiger charge is -2.17. The van der Waals surface area contributed by atoms with Crippen LogP contribution >= 0.6 is 11.6 Å². The summed E-state index contributed by atoms with van der Waals surface area (Å²) in [5.74, 6) is -0.651. The first-order valence-electron chi connectivity index (χ1n) is 3.75. The molecular formula is C9H9ClFNO. The molecule has 0 aliphatic carbocycles. The fraction of sp³-hybridized carbons (Fsp3) is 0.333. The van der Waals surface area contributed by atoms with Gasteiger partial charge in [0.15, 0.2) is 0 Å². The Balaban J connectivity index is 3.28. The lowest BCUT2D eigenvalue weighted by molar-refractivity contribution is -0.111. The molecule has 1 heterocycles. The van der Waals surface area contributed by atoms with Gasteiger partial charge < -0.3 is 4.79 Å². The predicted molar refractivity (Wildman–Crippen MR) is 48.3 cm³/mol. The summed E-state index contributed by atoms with van der Waals surface area (Å²) in [7, 11) is 0. The van der Waals surface area contributed by atoms with Crippen LogP contribution in [0, 0.1) is 5.95 Å². The number of pyridine rings is 1. The molecule has 1 rings (SSSR count). The number of carbonyl (C=O) groups excluding carboxylic acids is 1. The highest BCUT2D eigenvalue weighted by atomic mass is 35.5. The van der Waals surface area contributed by atoms with Crippen molar-refractivity contribution in [3.63, 3.8) is 0 Å². The Bertz CT molecular complexity index is 338. The molecule has 0 fully saturated rings. The van der Waals surface area contributed by atoms with Crippen LogP contribution < -0.4 is 0 Å². The third kappa shape index (κ3) is 2.04. The zero-order valence-electron chi connectivity index (χ0n) is 7.34. The van der Waals surface area contributed by atoms with E-state index in [0.717, 1.165) is 0 Å². The van der Waals surface area contributed by atoms with E-state index in [2.05, 4.69) is 4.98 Å². The minimum atomic E-state index is -0.887. The molecule has 0 atom stereocenters. The predicted octanol–water partition coefficient (Wildman–Crippen LogP) is 2.35. The number of nitrogens with zero attached hydrogens (tertiary/aromatic N) is 1. The van der Waals surface area contributed by atoms with Gasteiger partial charge in [-0.1, -0.05) is 11.6 Å². The van der Waals surface area contributed by atoms with E-state index in [4.69, 9.17) is 11.6 Å². The maximum Gasteiger partial charge on any atom is 0.217 e. The van der Waals surface area contributed by atoms with E-state index in [1.807, 2.05) is 0 Å². The number of hydrogen-bond acceptors (Lipinski definition) is 2. The standard InChI is InChI=1S/C9H9ClFNO/c1-9(2,5-13)7-3-6(10)4-12-8(7)11/h3-5H,1-2H3. The zero-order chi connectivity index (χ0) is 10.1. The molecular weight excluding hydrogens is 193 g/mol. The largest absolute Gasteiger partial charge is 0.302 e. The molecule has 0 saturated carbocycles. The molecule has 0 saturated heterocycles. The normalized spacial score (nSPS) is 11.4. The summed E-state index contributed by atoms with van der Waals surface area (Å²) in [5, 5.41) is 0.325. The monoisotopic (exact) mass is 201 g/mol. The van der Waals surface area contributed by atoms with Crippen LogP contribution in [-0.2, 0) is 10.2 Å². The molecule has 13 heavy (non-hydrogen) atoms. The Morgan fingerprint density at radius 2 is 2.23 bits per heavy atom. The average Bonchev–Trinajstić information content (AvgIpc) is 2.09. The van der Waals surface area contributed by atoms with Gasteiger partial charge >= 0.3 is 0 Å². The number of rotatable bonds is 2. The molecule has 4 heteroatoms. The highest BCUT2D eigenvalue weighted by molar-refractivity contribution is 6.30. The van der Waals surface area contributed by atoms with Crippen LogP contribution in [0.4, 0.5) is 4.39 Å². The van der Waals surface area contributed by atoms with Crippen molar-refractivity contribution in [2.75, 3.05) is 0 Å². The van der Waals surface area contributed by atoms with Crippen molar-refractivity contribution in [1.29, 1.82) is 0 Å². The third-order valence-electron chi connectivity index (χ3n) is 1.79. The van der Waals surface area contributed by atoms with Gasteiger partial charge in [0.05, 0.1) is 5.02 Å². The van der Waals surface area contributed by atoms with Crippen LogP contribution in [0.1, 0.15) is 19.4 Å². The van der Waals surface area contributed by atoms with Crippen molar-refractivity contribution in [2.24, 2.45) is 0 Å². The Morgan fingerprint density at radius 3 is 2.77 bits per heavy atom. The molecule has 0 aliphatic heterocycles. The summed E-state index contributed by atoms with van der Waals surface area (Å²) in [6.45, 7) is 3.22. The summed E-state index contributed by atoms with van der Waals surface area (Å²) in [5.41, 5.74) is -0.669. The molecule has 1 aromatic rings. The van der Waals surface area contributed by atoms with E-state index in [9.17, 15) is 9.18 Å². The van der Waals surface area contributed by atoms with Gasteiger partial charge in [-0.2, -0.15) is 4.39 Å². The number of hydrogen-bond donors (Lipinski definition) is 0. The van der Waals surface area contributed by atoms with Crippen molar-refractivity contribution >= 4 is 17.9 Å². The van der Waals surface area contributed by atoms with Gasteiger partial charge in [-0.05, 0) is 19.9 Å². The summed E-state index contributed by atoms with van der Waals surface area (Å²) < 4.78 is 13.1. The lowest BCUT2D eigenvalue weighted by atomic mass is 9.87. The van der Waals surface area contributed by atoms with Gasteiger partial charge in [-0.3, -0.25) is 0 Å². The van der Waals surface area contributed by atoms with Gasteiger partial charge in [-0.15, -0.1) is 0 Å². The fourth-order valence-corrected chi connectivity index (χ4v) is 1.10. The van der Waals surface area contributed by atoms with Gasteiger partial charge in [0.25, 0.3) is 0 Å². The summed E-state index contributed by atoms with van der Waals surface area (Å²) in [4.78, 5) is 14.1. The Kier molecular flexibility index (Phi) is 2.66. The van der Waals surface area contributed by atoms with E-state index in [0.29, 0.717) is 11.3 Å². The minimum Gasteiger partial charge on any atom is -0.302 e. The minimum absolute atomic E-state index is 0.218. The number of carbonyl (C=O) groups is 1. The van der Waals surface area contributed by atoms with E-state index < -0.39 is 11.4 Å². The summed E-state index contributed by atoms with van der Waals surface area (Å²) in [6, 6.07) is 1.41. The molecule has 0 spiro atoms. The van der Waals surface area contributed by atoms with Crippen LogP contribution in [0.15, 0.2) is 12.3 Å². The molecule has 0 bridgehead atoms. The van der Waals surface area contributed by atoms with Gasteiger partial charge in [-0.25, -0.2) is 4.98 Å². The Hall–Kier alpha value is -0.960. The van der Waals surface area contributed by atoms with Gasteiger partial charge in [0, 0.05) is 17.2 Å². The van der Waals surface area contributed by atoms with Crippen molar-refractivity contribution < 1.29 is 9.18 Å². The molecule has 0 N–H and O–H groups in total. The van der Waals surface area contributed by atoms with Crippen LogP contribution in [0.5, 0.6) is 0 Å². The number of aldehydes is 1. The van der Waals surface area contributed by atoms with E-state index in [-0.39, 0.29) is 5.56 Å². The van der Waals surface area contributed by atoms with Crippen LogP contribution in [0.2, 0.25) is 5.02 Å². The topological polar surface area (TPSA) is 30.0 Å². The molecule has 70 valence electrons. The SMILES string of the molecule is CC(C)(C=O)c1cc(Cl)cnc1F. The highest BCUT2D eigenvalue weighted by Crippen LogP contribution is 2.24. The Labute approximate surface area is 80.7 Å². The molecule has 0 radical (unpaired) electrons. The second-order valence-electron chi connectivity index (χ2n) is 3.33. The van der Waals surface area contributed by atoms with Crippen LogP contribution in [0.25, 0.3) is 0 Å². The number of aromatic nitrogens is 1. The van der Waals surface area contributed by atoms with Gasteiger partial charge in [0.2, 0.25) is 5.95 Å². The third-order valence-corrected chi connectivity index (χ3v) is 2.00. The first-order valence-corrected chi connectivity index (χ1v) is 4.13. The van der Waals surface area contributed by atoms with E-state index in [1.54, 1.807) is 13.8 Å². The van der Waals surface area contributed by atoms with E-state index in [1.165, 1.54) is 12.3 Å². The molecule has 0 amide bonds. The van der Waals surface area contributed by atoms with E-state index >= 15 is 0 Å². The van der Waals surface area contributed by atoms with Crippen molar-refractivity contribution in [2.45, 2.75) is 19.3 Å². The molecule has 0 aliphatic rings. The fourth-order valence-electron chi connectivity index (χ4n) is 0.938. The maximum absolute atomic E-state index is 13.1. The molecule has 1 aromatic heterocycles. The Morgan fingerprint density at radius 1 is 1.62 bits per heavy atom. The molecule has 2 nitrogen and oxygen atoms in total. The average molecular weight is 202 g/mol. The zero-order valence-corrected chi connectivity index (χ0v) is 8.10. The maximum atomic E-state index is 13.1. The second-order valence-corrected chi connectivity index (χ2v) is 3.77. The lowest BCUT2D eigenvalue weighted by Crippen LogP contribution is -2.21. The van der Waals surface area contributed by atoms with Crippen molar-refractivity contribution in [3.05, 3.63) is 28.8 Å². The van der Waals surface area contributed by atoms with Crippen LogP contribution in [-0.4, -0.2) is 11.3 Å². The van der Waals surface area contributed by atoms with Gasteiger partial charge in [0.1, 0.15) is 6.29 Å². The quantitative estimate of drug-likeness (QED) is 0.543.